The van der Waals surface area contributed by atoms with Crippen LogP contribution >= 0.6 is 15.9 Å². The first kappa shape index (κ1) is 9.40. The van der Waals surface area contributed by atoms with Crippen LogP contribution in [0.5, 0.6) is 0 Å². The Balaban J connectivity index is 2.28. The van der Waals surface area contributed by atoms with Crippen LogP contribution in [0, 0.1) is 0 Å². The van der Waals surface area contributed by atoms with Gasteiger partial charge < -0.3 is 5.73 Å². The van der Waals surface area contributed by atoms with Crippen molar-refractivity contribution in [3.05, 3.63) is 34.3 Å². The highest BCUT2D eigenvalue weighted by Crippen LogP contribution is 2.15. The van der Waals surface area contributed by atoms with E-state index >= 15 is 0 Å². The number of amidine groups is 1. The van der Waals surface area contributed by atoms with Gasteiger partial charge in [0, 0.05) is 10.9 Å². The molecule has 2 rings (SSSR count). The molecule has 0 aromatic heterocycles. The Hall–Kier alpha value is -1.16. The monoisotopic (exact) mass is 251 g/mol. The zero-order valence-electron chi connectivity index (χ0n) is 7.57. The minimum atomic E-state index is 0.617. The summed E-state index contributed by atoms with van der Waals surface area (Å²) in [6, 6.07) is 8.05. The van der Waals surface area contributed by atoms with Crippen molar-refractivity contribution in [3.8, 4) is 0 Å². The molecule has 0 radical (unpaired) electrons. The molecule has 0 unspecified atom stereocenters. The van der Waals surface area contributed by atoms with Gasteiger partial charge in [-0.15, -0.1) is 5.10 Å². The molecular weight excluding hydrogens is 242 g/mol. The van der Waals surface area contributed by atoms with E-state index in [1.165, 1.54) is 0 Å². The number of hydrogen-bond acceptors (Lipinski definition) is 3. The Morgan fingerprint density at radius 1 is 1.07 bits per heavy atom. The number of rotatable bonds is 1. The highest BCUT2D eigenvalue weighted by molar-refractivity contribution is 9.10. The van der Waals surface area contributed by atoms with E-state index in [-0.39, 0.29) is 0 Å². The molecular formula is C10H10BrN3. The summed E-state index contributed by atoms with van der Waals surface area (Å²) in [6.45, 7) is 0. The summed E-state index contributed by atoms with van der Waals surface area (Å²) >= 11 is 3.39. The summed E-state index contributed by atoms with van der Waals surface area (Å²) in [7, 11) is 0. The standard InChI is InChI=1S/C10H10BrN3/c11-8-3-1-7(2-4-8)9-5-6-10(12)14-13-9/h1-4H,5-6H2,(H2,12,14). The Labute approximate surface area is 90.9 Å². The second-order valence-electron chi connectivity index (χ2n) is 3.14. The molecule has 0 amide bonds. The van der Waals surface area contributed by atoms with Gasteiger partial charge in [-0.05, 0) is 24.1 Å². The van der Waals surface area contributed by atoms with Crippen molar-refractivity contribution < 1.29 is 0 Å². The van der Waals surface area contributed by atoms with E-state index in [1.807, 2.05) is 24.3 Å². The van der Waals surface area contributed by atoms with Crippen LogP contribution in [0.1, 0.15) is 18.4 Å². The molecule has 0 fully saturated rings. The summed E-state index contributed by atoms with van der Waals surface area (Å²) in [4.78, 5) is 0. The zero-order chi connectivity index (χ0) is 9.97. The number of hydrogen-bond donors (Lipinski definition) is 1. The third kappa shape index (κ3) is 2.01. The summed E-state index contributed by atoms with van der Waals surface area (Å²) in [6.07, 6.45) is 1.67. The van der Waals surface area contributed by atoms with Crippen LogP contribution in [0.2, 0.25) is 0 Å². The molecule has 1 aromatic rings. The first-order valence-electron chi connectivity index (χ1n) is 4.40. The first-order valence-corrected chi connectivity index (χ1v) is 5.20. The third-order valence-electron chi connectivity index (χ3n) is 2.09. The van der Waals surface area contributed by atoms with Gasteiger partial charge in [-0.3, -0.25) is 0 Å². The van der Waals surface area contributed by atoms with Crippen LogP contribution in [0.15, 0.2) is 38.9 Å². The Bertz CT molecular complexity index is 392. The number of nitrogens with zero attached hydrogens (tertiary/aromatic N) is 2. The van der Waals surface area contributed by atoms with Crippen LogP contribution in [-0.2, 0) is 0 Å². The van der Waals surface area contributed by atoms with Gasteiger partial charge in [0.25, 0.3) is 0 Å². The molecule has 14 heavy (non-hydrogen) atoms. The lowest BCUT2D eigenvalue weighted by Crippen LogP contribution is -2.17. The lowest BCUT2D eigenvalue weighted by Gasteiger charge is -2.09. The predicted octanol–water partition coefficient (Wildman–Crippen LogP) is 2.30. The quantitative estimate of drug-likeness (QED) is 0.819. The minimum Gasteiger partial charge on any atom is -0.386 e. The van der Waals surface area contributed by atoms with Gasteiger partial charge in [0.15, 0.2) is 0 Å². The van der Waals surface area contributed by atoms with Gasteiger partial charge in [0.2, 0.25) is 0 Å². The van der Waals surface area contributed by atoms with Crippen molar-refractivity contribution in [1.82, 2.24) is 0 Å². The molecule has 3 nitrogen and oxygen atoms in total. The van der Waals surface area contributed by atoms with Crippen LogP contribution in [0.25, 0.3) is 0 Å². The molecule has 2 N–H and O–H groups in total. The Morgan fingerprint density at radius 2 is 1.79 bits per heavy atom. The lowest BCUT2D eigenvalue weighted by molar-refractivity contribution is 1.02. The van der Waals surface area contributed by atoms with Gasteiger partial charge in [-0.25, -0.2) is 0 Å². The van der Waals surface area contributed by atoms with Crippen molar-refractivity contribution in [1.29, 1.82) is 0 Å². The largest absolute Gasteiger partial charge is 0.386 e. The highest BCUT2D eigenvalue weighted by Gasteiger charge is 2.08. The van der Waals surface area contributed by atoms with E-state index in [9.17, 15) is 0 Å². The second-order valence-corrected chi connectivity index (χ2v) is 4.06. The third-order valence-corrected chi connectivity index (χ3v) is 2.62. The summed E-state index contributed by atoms with van der Waals surface area (Å²) in [5.74, 6) is 0.617. The SMILES string of the molecule is NC1=NN=C(c2ccc(Br)cc2)CC1. The average Bonchev–Trinajstić information content (AvgIpc) is 2.21. The Morgan fingerprint density at radius 3 is 2.36 bits per heavy atom. The maximum Gasteiger partial charge on any atom is 0.122 e. The van der Waals surface area contributed by atoms with Gasteiger partial charge >= 0.3 is 0 Å². The molecule has 1 heterocycles. The van der Waals surface area contributed by atoms with Crippen molar-refractivity contribution in [2.24, 2.45) is 15.9 Å². The topological polar surface area (TPSA) is 50.7 Å². The molecule has 0 saturated carbocycles. The minimum absolute atomic E-state index is 0.617. The summed E-state index contributed by atoms with van der Waals surface area (Å²) < 4.78 is 1.07. The number of halogens is 1. The molecule has 0 atom stereocenters. The fourth-order valence-corrected chi connectivity index (χ4v) is 1.58. The normalized spacial score (nSPS) is 16.1. The van der Waals surface area contributed by atoms with E-state index in [0.717, 1.165) is 28.6 Å². The molecule has 0 spiro atoms. The van der Waals surface area contributed by atoms with Gasteiger partial charge in [-0.1, -0.05) is 28.1 Å². The van der Waals surface area contributed by atoms with E-state index in [2.05, 4.69) is 26.1 Å². The average molecular weight is 252 g/mol. The molecule has 0 bridgehead atoms. The smallest absolute Gasteiger partial charge is 0.122 e. The zero-order valence-corrected chi connectivity index (χ0v) is 9.16. The van der Waals surface area contributed by atoms with E-state index in [4.69, 9.17) is 5.73 Å². The van der Waals surface area contributed by atoms with Crippen molar-refractivity contribution in [2.45, 2.75) is 12.8 Å². The predicted molar refractivity (Wildman–Crippen MR) is 61.5 cm³/mol. The van der Waals surface area contributed by atoms with Crippen molar-refractivity contribution >= 4 is 27.5 Å². The van der Waals surface area contributed by atoms with Crippen LogP contribution in [-0.4, -0.2) is 11.5 Å². The summed E-state index contributed by atoms with van der Waals surface area (Å²) in [5.41, 5.74) is 7.66. The fraction of sp³-hybridized carbons (Fsp3) is 0.200. The van der Waals surface area contributed by atoms with Gasteiger partial charge in [0.1, 0.15) is 5.84 Å². The van der Waals surface area contributed by atoms with Crippen LogP contribution in [0.3, 0.4) is 0 Å². The Kier molecular flexibility index (Phi) is 2.63. The van der Waals surface area contributed by atoms with Gasteiger partial charge in [0.05, 0.1) is 5.71 Å². The van der Waals surface area contributed by atoms with E-state index < -0.39 is 0 Å². The first-order chi connectivity index (χ1) is 6.75. The van der Waals surface area contributed by atoms with Gasteiger partial charge in [-0.2, -0.15) is 5.10 Å². The molecule has 0 aliphatic carbocycles. The highest BCUT2D eigenvalue weighted by atomic mass is 79.9. The van der Waals surface area contributed by atoms with Crippen LogP contribution in [0.4, 0.5) is 0 Å². The van der Waals surface area contributed by atoms with Crippen molar-refractivity contribution in [3.63, 3.8) is 0 Å². The fourth-order valence-electron chi connectivity index (χ4n) is 1.32. The summed E-state index contributed by atoms with van der Waals surface area (Å²) in [5, 5.41) is 7.96. The maximum absolute atomic E-state index is 5.53. The molecule has 0 saturated heterocycles. The van der Waals surface area contributed by atoms with Crippen molar-refractivity contribution in [2.75, 3.05) is 0 Å². The van der Waals surface area contributed by atoms with E-state index in [0.29, 0.717) is 5.84 Å². The molecule has 1 aromatic carbocycles. The molecule has 1 aliphatic heterocycles. The molecule has 72 valence electrons. The lowest BCUT2D eigenvalue weighted by atomic mass is 10.1. The molecule has 1 aliphatic rings. The van der Waals surface area contributed by atoms with E-state index in [1.54, 1.807) is 0 Å². The van der Waals surface area contributed by atoms with Crippen LogP contribution < -0.4 is 5.73 Å². The molecule has 4 heteroatoms. The number of nitrogens with two attached hydrogens (primary N) is 1. The second kappa shape index (κ2) is 3.92. The number of benzene rings is 1. The maximum atomic E-state index is 5.53.